The van der Waals surface area contributed by atoms with Gasteiger partial charge in [-0.15, -0.1) is 0 Å². The fourth-order valence-corrected chi connectivity index (χ4v) is 2.72. The molecule has 1 atom stereocenters. The standard InChI is InChI=1S/C15H21NO3/c1-11-8-16(10-15(2,3)19-11)9-12-4-6-13(7-5-12)14(17)18/h4-7,11H,8-10H2,1-3H3,(H,17,18). The molecule has 0 amide bonds. The molecule has 1 fully saturated rings. The van der Waals surface area contributed by atoms with Crippen LogP contribution in [0.4, 0.5) is 0 Å². The Morgan fingerprint density at radius 1 is 1.42 bits per heavy atom. The summed E-state index contributed by atoms with van der Waals surface area (Å²) >= 11 is 0. The average molecular weight is 263 g/mol. The summed E-state index contributed by atoms with van der Waals surface area (Å²) in [6, 6.07) is 7.09. The lowest BCUT2D eigenvalue weighted by Crippen LogP contribution is -2.51. The normalized spacial score (nSPS) is 23.2. The van der Waals surface area contributed by atoms with Crippen molar-refractivity contribution in [3.8, 4) is 0 Å². The van der Waals surface area contributed by atoms with Crippen molar-refractivity contribution >= 4 is 5.97 Å². The Morgan fingerprint density at radius 3 is 2.58 bits per heavy atom. The van der Waals surface area contributed by atoms with Crippen molar-refractivity contribution in [3.63, 3.8) is 0 Å². The Morgan fingerprint density at radius 2 is 2.05 bits per heavy atom. The fourth-order valence-electron chi connectivity index (χ4n) is 2.72. The second-order valence-electron chi connectivity index (χ2n) is 5.86. The Balaban J connectivity index is 2.02. The summed E-state index contributed by atoms with van der Waals surface area (Å²) < 4.78 is 5.87. The topological polar surface area (TPSA) is 49.8 Å². The molecule has 0 radical (unpaired) electrons. The summed E-state index contributed by atoms with van der Waals surface area (Å²) in [4.78, 5) is 13.2. The average Bonchev–Trinajstić information content (AvgIpc) is 2.26. The van der Waals surface area contributed by atoms with Crippen molar-refractivity contribution in [2.24, 2.45) is 0 Å². The van der Waals surface area contributed by atoms with E-state index in [1.165, 1.54) is 0 Å². The van der Waals surface area contributed by atoms with Gasteiger partial charge < -0.3 is 9.84 Å². The van der Waals surface area contributed by atoms with Crippen molar-refractivity contribution in [1.82, 2.24) is 4.90 Å². The highest BCUT2D eigenvalue weighted by Crippen LogP contribution is 2.22. The van der Waals surface area contributed by atoms with E-state index < -0.39 is 5.97 Å². The number of hydrogen-bond acceptors (Lipinski definition) is 3. The third-order valence-electron chi connectivity index (χ3n) is 3.25. The zero-order chi connectivity index (χ0) is 14.0. The first-order chi connectivity index (χ1) is 8.85. The van der Waals surface area contributed by atoms with Crippen molar-refractivity contribution in [2.75, 3.05) is 13.1 Å². The number of aromatic carboxylic acids is 1. The molecule has 0 aliphatic carbocycles. The van der Waals surface area contributed by atoms with Gasteiger partial charge in [-0.3, -0.25) is 4.90 Å². The highest BCUT2D eigenvalue weighted by Gasteiger charge is 2.31. The second-order valence-corrected chi connectivity index (χ2v) is 5.86. The number of nitrogens with zero attached hydrogens (tertiary/aromatic N) is 1. The van der Waals surface area contributed by atoms with Crippen molar-refractivity contribution in [3.05, 3.63) is 35.4 Å². The van der Waals surface area contributed by atoms with E-state index in [0.29, 0.717) is 5.56 Å². The minimum absolute atomic E-state index is 0.126. The molecule has 1 saturated heterocycles. The molecule has 1 aliphatic rings. The Bertz CT molecular complexity index is 453. The molecule has 104 valence electrons. The first-order valence-electron chi connectivity index (χ1n) is 6.58. The van der Waals surface area contributed by atoms with E-state index >= 15 is 0 Å². The van der Waals surface area contributed by atoms with E-state index in [4.69, 9.17) is 9.84 Å². The molecule has 1 N–H and O–H groups in total. The summed E-state index contributed by atoms with van der Waals surface area (Å²) in [5.41, 5.74) is 1.34. The Hall–Kier alpha value is -1.39. The van der Waals surface area contributed by atoms with Gasteiger partial charge in [-0.1, -0.05) is 12.1 Å². The molecule has 0 aromatic heterocycles. The number of carbonyl (C=O) groups is 1. The lowest BCUT2D eigenvalue weighted by molar-refractivity contribution is -0.130. The smallest absolute Gasteiger partial charge is 0.335 e. The zero-order valence-corrected chi connectivity index (χ0v) is 11.7. The number of ether oxygens (including phenoxy) is 1. The van der Waals surface area contributed by atoms with Gasteiger partial charge in [-0.05, 0) is 38.5 Å². The highest BCUT2D eigenvalue weighted by atomic mass is 16.5. The fraction of sp³-hybridized carbons (Fsp3) is 0.533. The van der Waals surface area contributed by atoms with Crippen LogP contribution in [0, 0.1) is 0 Å². The molecule has 19 heavy (non-hydrogen) atoms. The minimum atomic E-state index is -0.882. The minimum Gasteiger partial charge on any atom is -0.478 e. The number of carboxylic acids is 1. The maximum atomic E-state index is 10.8. The molecule has 1 aromatic rings. The van der Waals surface area contributed by atoms with E-state index in [-0.39, 0.29) is 11.7 Å². The van der Waals surface area contributed by atoms with Crippen LogP contribution in [0.2, 0.25) is 0 Å². The summed E-state index contributed by atoms with van der Waals surface area (Å²) in [7, 11) is 0. The Labute approximate surface area is 114 Å². The zero-order valence-electron chi connectivity index (χ0n) is 11.7. The summed E-state index contributed by atoms with van der Waals surface area (Å²) in [6.07, 6.45) is 0.224. The predicted octanol–water partition coefficient (Wildman–Crippen LogP) is 2.38. The van der Waals surface area contributed by atoms with Crippen LogP contribution in [0.5, 0.6) is 0 Å². The van der Waals surface area contributed by atoms with Gasteiger partial charge in [0.25, 0.3) is 0 Å². The maximum absolute atomic E-state index is 10.8. The lowest BCUT2D eigenvalue weighted by Gasteiger charge is -2.41. The number of benzene rings is 1. The first kappa shape index (κ1) is 14.0. The predicted molar refractivity (Wildman–Crippen MR) is 73.3 cm³/mol. The van der Waals surface area contributed by atoms with Crippen LogP contribution in [0.25, 0.3) is 0 Å². The van der Waals surface area contributed by atoms with E-state index in [1.807, 2.05) is 12.1 Å². The molecule has 0 bridgehead atoms. The summed E-state index contributed by atoms with van der Waals surface area (Å²) in [5.74, 6) is -0.882. The molecule has 1 aliphatic heterocycles. The quantitative estimate of drug-likeness (QED) is 0.909. The van der Waals surface area contributed by atoms with Gasteiger partial charge in [0.2, 0.25) is 0 Å². The molecule has 1 aromatic carbocycles. The van der Waals surface area contributed by atoms with Crippen LogP contribution in [0.1, 0.15) is 36.7 Å². The number of rotatable bonds is 3. The lowest BCUT2D eigenvalue weighted by atomic mass is 10.0. The van der Waals surface area contributed by atoms with Gasteiger partial charge in [0, 0.05) is 19.6 Å². The number of morpholine rings is 1. The van der Waals surface area contributed by atoms with Gasteiger partial charge in [0.05, 0.1) is 17.3 Å². The second kappa shape index (κ2) is 5.31. The molecule has 2 rings (SSSR count). The molecule has 1 heterocycles. The molecule has 0 spiro atoms. The third-order valence-corrected chi connectivity index (χ3v) is 3.25. The summed E-state index contributed by atoms with van der Waals surface area (Å²) in [5, 5.41) is 8.87. The van der Waals surface area contributed by atoms with E-state index in [0.717, 1.165) is 25.2 Å². The van der Waals surface area contributed by atoms with Gasteiger partial charge >= 0.3 is 5.97 Å². The van der Waals surface area contributed by atoms with Crippen molar-refractivity contribution in [1.29, 1.82) is 0 Å². The van der Waals surface area contributed by atoms with Gasteiger partial charge in [0.15, 0.2) is 0 Å². The van der Waals surface area contributed by atoms with Crippen molar-refractivity contribution < 1.29 is 14.6 Å². The van der Waals surface area contributed by atoms with Crippen LogP contribution >= 0.6 is 0 Å². The molecular formula is C15H21NO3. The van der Waals surface area contributed by atoms with Crippen molar-refractivity contribution in [2.45, 2.75) is 39.0 Å². The largest absolute Gasteiger partial charge is 0.478 e. The molecular weight excluding hydrogens is 242 g/mol. The highest BCUT2D eigenvalue weighted by molar-refractivity contribution is 5.87. The first-order valence-corrected chi connectivity index (χ1v) is 6.58. The van der Waals surface area contributed by atoms with Crippen LogP contribution in [-0.2, 0) is 11.3 Å². The van der Waals surface area contributed by atoms with Crippen LogP contribution in [0.15, 0.2) is 24.3 Å². The van der Waals surface area contributed by atoms with Crippen LogP contribution < -0.4 is 0 Å². The SMILES string of the molecule is CC1CN(Cc2ccc(C(=O)O)cc2)CC(C)(C)O1. The van der Waals surface area contributed by atoms with Gasteiger partial charge in [0.1, 0.15) is 0 Å². The van der Waals surface area contributed by atoms with Crippen LogP contribution in [0.3, 0.4) is 0 Å². The number of hydrogen-bond donors (Lipinski definition) is 1. The maximum Gasteiger partial charge on any atom is 0.335 e. The number of carboxylic acid groups (broad SMARTS) is 1. The monoisotopic (exact) mass is 263 g/mol. The molecule has 4 nitrogen and oxygen atoms in total. The third kappa shape index (κ3) is 3.78. The van der Waals surface area contributed by atoms with Crippen LogP contribution in [-0.4, -0.2) is 40.8 Å². The molecule has 4 heteroatoms. The Kier molecular flexibility index (Phi) is 3.92. The molecule has 1 unspecified atom stereocenters. The summed E-state index contributed by atoms with van der Waals surface area (Å²) in [6.45, 7) is 8.91. The van der Waals surface area contributed by atoms with E-state index in [1.54, 1.807) is 12.1 Å². The van der Waals surface area contributed by atoms with Gasteiger partial charge in [-0.2, -0.15) is 0 Å². The molecule has 0 saturated carbocycles. The van der Waals surface area contributed by atoms with Gasteiger partial charge in [-0.25, -0.2) is 4.79 Å². The van der Waals surface area contributed by atoms with E-state index in [9.17, 15) is 4.79 Å². The van der Waals surface area contributed by atoms with E-state index in [2.05, 4.69) is 25.7 Å².